The van der Waals surface area contributed by atoms with Crippen molar-refractivity contribution in [1.29, 1.82) is 0 Å². The minimum Gasteiger partial charge on any atom is -0.381 e. The van der Waals surface area contributed by atoms with E-state index in [4.69, 9.17) is 27.9 Å². The largest absolute Gasteiger partial charge is 0.381 e. The average molecular weight is 288 g/mol. The molecule has 2 nitrogen and oxygen atoms in total. The summed E-state index contributed by atoms with van der Waals surface area (Å²) in [6, 6.07) is 5.82. The molecule has 1 heterocycles. The van der Waals surface area contributed by atoms with Gasteiger partial charge in [0, 0.05) is 29.3 Å². The number of halogens is 2. The molecule has 1 fully saturated rings. The van der Waals surface area contributed by atoms with Crippen LogP contribution >= 0.6 is 23.2 Å². The summed E-state index contributed by atoms with van der Waals surface area (Å²) in [5.74, 6) is 0.708. The Kier molecular flexibility index (Phi) is 5.31. The summed E-state index contributed by atoms with van der Waals surface area (Å²) in [4.78, 5) is 0. The SMILES string of the molecule is CC(NCCC1CCOC1)c1cc(Cl)ccc1Cl. The Balaban J connectivity index is 1.83. The highest BCUT2D eigenvalue weighted by atomic mass is 35.5. The Morgan fingerprint density at radius 1 is 1.44 bits per heavy atom. The molecule has 1 saturated heterocycles. The predicted octanol–water partition coefficient (Wildman–Crippen LogP) is 4.07. The Labute approximate surface area is 119 Å². The molecular weight excluding hydrogens is 269 g/mol. The zero-order chi connectivity index (χ0) is 13.0. The molecule has 0 spiro atoms. The van der Waals surface area contributed by atoms with Crippen molar-refractivity contribution in [3.63, 3.8) is 0 Å². The standard InChI is InChI=1S/C14H19Cl2NO/c1-10(13-8-12(15)2-3-14(13)16)17-6-4-11-5-7-18-9-11/h2-3,8,10-11,17H,4-7,9H2,1H3. The van der Waals surface area contributed by atoms with E-state index in [0.29, 0.717) is 5.92 Å². The predicted molar refractivity (Wildman–Crippen MR) is 76.4 cm³/mol. The van der Waals surface area contributed by atoms with Gasteiger partial charge in [-0.2, -0.15) is 0 Å². The Morgan fingerprint density at radius 3 is 3.00 bits per heavy atom. The smallest absolute Gasteiger partial charge is 0.0495 e. The molecule has 0 amide bonds. The van der Waals surface area contributed by atoms with Crippen LogP contribution in [0.15, 0.2) is 18.2 Å². The molecular formula is C14H19Cl2NO. The molecule has 2 rings (SSSR count). The third-order valence-electron chi connectivity index (χ3n) is 3.45. The van der Waals surface area contributed by atoms with E-state index in [1.807, 2.05) is 18.2 Å². The van der Waals surface area contributed by atoms with Crippen molar-refractivity contribution in [1.82, 2.24) is 5.32 Å². The molecule has 0 aliphatic carbocycles. The maximum atomic E-state index is 6.18. The maximum absolute atomic E-state index is 6.18. The molecule has 1 aromatic carbocycles. The molecule has 1 aliphatic rings. The van der Waals surface area contributed by atoms with Gasteiger partial charge in [0.1, 0.15) is 0 Å². The third kappa shape index (κ3) is 3.86. The minimum absolute atomic E-state index is 0.221. The maximum Gasteiger partial charge on any atom is 0.0495 e. The van der Waals surface area contributed by atoms with Gasteiger partial charge in [-0.25, -0.2) is 0 Å². The van der Waals surface area contributed by atoms with E-state index in [1.165, 1.54) is 6.42 Å². The Morgan fingerprint density at radius 2 is 2.28 bits per heavy atom. The molecule has 18 heavy (non-hydrogen) atoms. The first-order chi connectivity index (χ1) is 8.66. The second kappa shape index (κ2) is 6.76. The van der Waals surface area contributed by atoms with Crippen LogP contribution in [0.4, 0.5) is 0 Å². The van der Waals surface area contributed by atoms with Crippen molar-refractivity contribution in [2.45, 2.75) is 25.8 Å². The molecule has 4 heteroatoms. The van der Waals surface area contributed by atoms with Gasteiger partial charge in [0.2, 0.25) is 0 Å². The lowest BCUT2D eigenvalue weighted by Gasteiger charge is -2.17. The first-order valence-corrected chi connectivity index (χ1v) is 7.18. The third-order valence-corrected chi connectivity index (χ3v) is 4.03. The van der Waals surface area contributed by atoms with Gasteiger partial charge in [-0.15, -0.1) is 0 Å². The average Bonchev–Trinajstić information content (AvgIpc) is 2.85. The number of nitrogens with one attached hydrogen (secondary N) is 1. The minimum atomic E-state index is 0.221. The lowest BCUT2D eigenvalue weighted by Crippen LogP contribution is -2.22. The van der Waals surface area contributed by atoms with E-state index in [1.54, 1.807) is 0 Å². The van der Waals surface area contributed by atoms with Crippen LogP contribution in [-0.2, 0) is 4.74 Å². The molecule has 1 N–H and O–H groups in total. The molecule has 0 radical (unpaired) electrons. The van der Waals surface area contributed by atoms with Crippen LogP contribution in [-0.4, -0.2) is 19.8 Å². The van der Waals surface area contributed by atoms with E-state index in [2.05, 4.69) is 12.2 Å². The van der Waals surface area contributed by atoms with Gasteiger partial charge in [-0.1, -0.05) is 23.2 Å². The van der Waals surface area contributed by atoms with Crippen LogP contribution < -0.4 is 5.32 Å². The molecule has 0 bridgehead atoms. The summed E-state index contributed by atoms with van der Waals surface area (Å²) in [5.41, 5.74) is 1.06. The second-order valence-corrected chi connectivity index (χ2v) is 5.70. The highest BCUT2D eigenvalue weighted by Gasteiger charge is 2.16. The number of ether oxygens (including phenoxy) is 1. The summed E-state index contributed by atoms with van der Waals surface area (Å²) in [7, 11) is 0. The zero-order valence-electron chi connectivity index (χ0n) is 10.6. The highest BCUT2D eigenvalue weighted by molar-refractivity contribution is 6.33. The van der Waals surface area contributed by atoms with Crippen molar-refractivity contribution >= 4 is 23.2 Å². The number of hydrogen-bond acceptors (Lipinski definition) is 2. The summed E-state index contributed by atoms with van der Waals surface area (Å²) >= 11 is 12.2. The van der Waals surface area contributed by atoms with Crippen molar-refractivity contribution < 1.29 is 4.74 Å². The fourth-order valence-corrected chi connectivity index (χ4v) is 2.73. The summed E-state index contributed by atoms with van der Waals surface area (Å²) < 4.78 is 5.37. The first-order valence-electron chi connectivity index (χ1n) is 6.43. The molecule has 0 saturated carbocycles. The molecule has 0 aromatic heterocycles. The lowest BCUT2D eigenvalue weighted by molar-refractivity contribution is 0.184. The molecule has 2 atom stereocenters. The lowest BCUT2D eigenvalue weighted by atomic mass is 10.0. The molecule has 2 unspecified atom stereocenters. The van der Waals surface area contributed by atoms with Crippen LogP contribution in [0.1, 0.15) is 31.4 Å². The summed E-state index contributed by atoms with van der Waals surface area (Å²) in [6.07, 6.45) is 2.34. The van der Waals surface area contributed by atoms with E-state index >= 15 is 0 Å². The van der Waals surface area contributed by atoms with Crippen LogP contribution in [0, 0.1) is 5.92 Å². The van der Waals surface area contributed by atoms with Gasteiger partial charge in [0.05, 0.1) is 0 Å². The van der Waals surface area contributed by atoms with Crippen molar-refractivity contribution in [2.75, 3.05) is 19.8 Å². The normalized spacial score (nSPS) is 21.2. The second-order valence-electron chi connectivity index (χ2n) is 4.86. The zero-order valence-corrected chi connectivity index (χ0v) is 12.1. The molecule has 1 aliphatic heterocycles. The highest BCUT2D eigenvalue weighted by Crippen LogP contribution is 2.26. The van der Waals surface area contributed by atoms with Crippen LogP contribution in [0.25, 0.3) is 0 Å². The van der Waals surface area contributed by atoms with Gasteiger partial charge in [-0.05, 0) is 56.0 Å². The molecule has 100 valence electrons. The summed E-state index contributed by atoms with van der Waals surface area (Å²) in [5, 5.41) is 4.99. The monoisotopic (exact) mass is 287 g/mol. The molecule has 1 aromatic rings. The van der Waals surface area contributed by atoms with Crippen molar-refractivity contribution in [3.8, 4) is 0 Å². The number of rotatable bonds is 5. The number of hydrogen-bond donors (Lipinski definition) is 1. The van der Waals surface area contributed by atoms with E-state index in [-0.39, 0.29) is 6.04 Å². The van der Waals surface area contributed by atoms with E-state index in [0.717, 1.165) is 41.8 Å². The fourth-order valence-electron chi connectivity index (χ4n) is 2.27. The summed E-state index contributed by atoms with van der Waals surface area (Å²) in [6.45, 7) is 4.93. The first kappa shape index (κ1) is 14.1. The van der Waals surface area contributed by atoms with Crippen LogP contribution in [0.5, 0.6) is 0 Å². The van der Waals surface area contributed by atoms with Crippen molar-refractivity contribution in [2.24, 2.45) is 5.92 Å². The topological polar surface area (TPSA) is 21.3 Å². The van der Waals surface area contributed by atoms with Crippen LogP contribution in [0.3, 0.4) is 0 Å². The van der Waals surface area contributed by atoms with Crippen LogP contribution in [0.2, 0.25) is 10.0 Å². The van der Waals surface area contributed by atoms with Crippen molar-refractivity contribution in [3.05, 3.63) is 33.8 Å². The number of benzene rings is 1. The Bertz CT molecular complexity index is 391. The Hall–Kier alpha value is -0.280. The quantitative estimate of drug-likeness (QED) is 0.881. The van der Waals surface area contributed by atoms with Gasteiger partial charge >= 0.3 is 0 Å². The van der Waals surface area contributed by atoms with Gasteiger partial charge < -0.3 is 10.1 Å². The van der Waals surface area contributed by atoms with Gasteiger partial charge in [0.15, 0.2) is 0 Å². The fraction of sp³-hybridized carbons (Fsp3) is 0.571. The van der Waals surface area contributed by atoms with Gasteiger partial charge in [0.25, 0.3) is 0 Å². The van der Waals surface area contributed by atoms with Gasteiger partial charge in [-0.3, -0.25) is 0 Å². The van der Waals surface area contributed by atoms with E-state index in [9.17, 15) is 0 Å². The van der Waals surface area contributed by atoms with E-state index < -0.39 is 0 Å².